The number of furan rings is 1. The van der Waals surface area contributed by atoms with Gasteiger partial charge in [0.05, 0.1) is 46.3 Å². The highest BCUT2D eigenvalue weighted by atomic mass is 16.6. The third-order valence-corrected chi connectivity index (χ3v) is 4.72. The summed E-state index contributed by atoms with van der Waals surface area (Å²) in [5, 5.41) is 22.8. The van der Waals surface area contributed by atoms with Crippen LogP contribution in [0.1, 0.15) is 18.4 Å². The fourth-order valence-electron chi connectivity index (χ4n) is 3.26. The second-order valence-corrected chi connectivity index (χ2v) is 6.73. The molecule has 0 saturated heterocycles. The van der Waals surface area contributed by atoms with E-state index in [1.54, 1.807) is 6.26 Å². The molecule has 0 atom stereocenters. The van der Waals surface area contributed by atoms with Crippen LogP contribution in [0, 0.1) is 20.2 Å². The van der Waals surface area contributed by atoms with Gasteiger partial charge < -0.3 is 18.6 Å². The van der Waals surface area contributed by atoms with Crippen LogP contribution in [0.15, 0.2) is 47.1 Å². The molecule has 1 aliphatic heterocycles. The van der Waals surface area contributed by atoms with Crippen molar-refractivity contribution in [1.29, 1.82) is 0 Å². The van der Waals surface area contributed by atoms with Crippen molar-refractivity contribution in [2.24, 2.45) is 0 Å². The van der Waals surface area contributed by atoms with Crippen LogP contribution >= 0.6 is 0 Å². The number of nitro groups is 2. The predicted molar refractivity (Wildman–Crippen MR) is 111 cm³/mol. The van der Waals surface area contributed by atoms with Gasteiger partial charge >= 0.3 is 5.69 Å². The van der Waals surface area contributed by atoms with E-state index >= 15 is 0 Å². The third kappa shape index (κ3) is 4.27. The lowest BCUT2D eigenvalue weighted by molar-refractivity contribution is -0.394. The van der Waals surface area contributed by atoms with E-state index in [0.29, 0.717) is 43.1 Å². The predicted octanol–water partition coefficient (Wildman–Crippen LogP) is 4.89. The first-order valence-corrected chi connectivity index (χ1v) is 9.56. The van der Waals surface area contributed by atoms with Gasteiger partial charge in [-0.3, -0.25) is 20.2 Å². The molecule has 0 aliphatic carbocycles. The van der Waals surface area contributed by atoms with E-state index in [4.69, 9.17) is 18.6 Å². The Balaban J connectivity index is 1.34. The van der Waals surface area contributed by atoms with Crippen molar-refractivity contribution in [2.75, 3.05) is 19.8 Å². The second-order valence-electron chi connectivity index (χ2n) is 6.73. The van der Waals surface area contributed by atoms with Gasteiger partial charge in [-0.2, -0.15) is 0 Å². The largest absolute Gasteiger partial charge is 0.492 e. The highest BCUT2D eigenvalue weighted by molar-refractivity contribution is 5.91. The summed E-state index contributed by atoms with van der Waals surface area (Å²) in [6.45, 7) is 1.10. The molecule has 31 heavy (non-hydrogen) atoms. The molecule has 2 heterocycles. The minimum absolute atomic E-state index is 0.00367. The van der Waals surface area contributed by atoms with Crippen LogP contribution in [0.25, 0.3) is 17.0 Å². The number of hydrogen-bond donors (Lipinski definition) is 0. The number of unbranched alkanes of at least 4 members (excludes halogenated alkanes) is 1. The van der Waals surface area contributed by atoms with Gasteiger partial charge in [-0.15, -0.1) is 0 Å². The van der Waals surface area contributed by atoms with Crippen molar-refractivity contribution in [3.05, 3.63) is 68.5 Å². The van der Waals surface area contributed by atoms with Crippen molar-refractivity contribution >= 4 is 28.4 Å². The minimum Gasteiger partial charge on any atom is -0.492 e. The molecule has 0 unspecified atom stereocenters. The summed E-state index contributed by atoms with van der Waals surface area (Å²) < 4.78 is 22.6. The lowest BCUT2D eigenvalue weighted by Gasteiger charge is -2.17. The Hall–Kier alpha value is -4.08. The van der Waals surface area contributed by atoms with E-state index in [1.807, 2.05) is 24.3 Å². The normalized spacial score (nSPS) is 12.3. The van der Waals surface area contributed by atoms with E-state index in [1.165, 1.54) is 12.1 Å². The van der Waals surface area contributed by atoms with Gasteiger partial charge in [-0.05, 0) is 37.1 Å². The quantitative estimate of drug-likeness (QED) is 0.269. The van der Waals surface area contributed by atoms with Crippen LogP contribution in [0.4, 0.5) is 11.4 Å². The fraction of sp³-hybridized carbons (Fsp3) is 0.238. The molecule has 0 bridgehead atoms. The van der Waals surface area contributed by atoms with Crippen LogP contribution < -0.4 is 14.2 Å². The number of non-ortho nitro benzene ring substituents is 1. The number of hydrogen-bond acceptors (Lipinski definition) is 8. The molecule has 2 aromatic carbocycles. The number of rotatable bonds is 9. The Labute approximate surface area is 175 Å². The molecule has 10 heteroatoms. The van der Waals surface area contributed by atoms with Crippen molar-refractivity contribution in [1.82, 2.24) is 0 Å². The second kappa shape index (κ2) is 8.74. The van der Waals surface area contributed by atoms with Gasteiger partial charge in [0.2, 0.25) is 0 Å². The van der Waals surface area contributed by atoms with Crippen LogP contribution in [-0.2, 0) is 0 Å². The monoisotopic (exact) mass is 426 g/mol. The standard InChI is InChI=1S/C21H18N2O8/c24-22(25)14-5-6-18(17(12-14)23(26)27)28-8-1-2-9-31-21-15-4-3-10-29-19(15)13-20-16(21)7-11-30-20/h3-7,11-13H,1-2,8-10H2. The number of benzene rings is 2. The molecule has 10 nitrogen and oxygen atoms in total. The average molecular weight is 426 g/mol. The van der Waals surface area contributed by atoms with Gasteiger partial charge in [0.1, 0.15) is 23.7 Å². The van der Waals surface area contributed by atoms with Gasteiger partial charge in [-0.1, -0.05) is 0 Å². The zero-order chi connectivity index (χ0) is 21.8. The Morgan fingerprint density at radius 1 is 1.00 bits per heavy atom. The molecule has 3 aromatic rings. The Morgan fingerprint density at radius 3 is 2.58 bits per heavy atom. The summed E-state index contributed by atoms with van der Waals surface area (Å²) in [4.78, 5) is 20.6. The van der Waals surface area contributed by atoms with Crippen LogP contribution in [0.5, 0.6) is 17.2 Å². The molecule has 1 aromatic heterocycles. The number of ether oxygens (including phenoxy) is 3. The van der Waals surface area contributed by atoms with Crippen molar-refractivity contribution in [2.45, 2.75) is 12.8 Å². The molecular weight excluding hydrogens is 408 g/mol. The van der Waals surface area contributed by atoms with E-state index in [2.05, 4.69) is 0 Å². The Kier molecular flexibility index (Phi) is 5.69. The van der Waals surface area contributed by atoms with Gasteiger partial charge in [0.25, 0.3) is 5.69 Å². The topological polar surface area (TPSA) is 127 Å². The summed E-state index contributed by atoms with van der Waals surface area (Å²) >= 11 is 0. The smallest absolute Gasteiger partial charge is 0.317 e. The minimum atomic E-state index is -0.699. The Morgan fingerprint density at radius 2 is 1.81 bits per heavy atom. The molecule has 0 radical (unpaired) electrons. The fourth-order valence-corrected chi connectivity index (χ4v) is 3.26. The highest BCUT2D eigenvalue weighted by Crippen LogP contribution is 2.40. The van der Waals surface area contributed by atoms with E-state index in [-0.39, 0.29) is 18.0 Å². The first-order valence-electron chi connectivity index (χ1n) is 9.56. The molecular formula is C21H18N2O8. The molecule has 0 spiro atoms. The van der Waals surface area contributed by atoms with Crippen LogP contribution in [0.2, 0.25) is 0 Å². The summed E-state index contributed by atoms with van der Waals surface area (Å²) in [5.41, 5.74) is 0.744. The summed E-state index contributed by atoms with van der Waals surface area (Å²) in [6, 6.07) is 6.99. The molecule has 0 saturated carbocycles. The lowest BCUT2D eigenvalue weighted by atomic mass is 10.1. The van der Waals surface area contributed by atoms with Gasteiger partial charge in [0, 0.05) is 12.1 Å². The van der Waals surface area contributed by atoms with Crippen LogP contribution in [-0.4, -0.2) is 29.7 Å². The number of nitrogens with zero attached hydrogens (tertiary/aromatic N) is 2. The molecule has 0 fully saturated rings. The highest BCUT2D eigenvalue weighted by Gasteiger charge is 2.21. The maximum atomic E-state index is 11.2. The van der Waals surface area contributed by atoms with Gasteiger partial charge in [-0.25, -0.2) is 0 Å². The molecule has 4 rings (SSSR count). The van der Waals surface area contributed by atoms with E-state index in [9.17, 15) is 20.2 Å². The van der Waals surface area contributed by atoms with Crippen molar-refractivity contribution in [3.8, 4) is 17.2 Å². The zero-order valence-corrected chi connectivity index (χ0v) is 16.3. The van der Waals surface area contributed by atoms with Crippen molar-refractivity contribution in [3.63, 3.8) is 0 Å². The van der Waals surface area contributed by atoms with Crippen molar-refractivity contribution < 1.29 is 28.5 Å². The first kappa shape index (κ1) is 20.2. The van der Waals surface area contributed by atoms with E-state index < -0.39 is 15.5 Å². The SMILES string of the molecule is O=[N+]([O-])c1ccc(OCCCCOc2c3c(cc4occc24)OCC=C3)c([N+](=O)[O-])c1. The summed E-state index contributed by atoms with van der Waals surface area (Å²) in [7, 11) is 0. The maximum absolute atomic E-state index is 11.2. The average Bonchev–Trinajstić information content (AvgIpc) is 3.23. The summed E-state index contributed by atoms with van der Waals surface area (Å²) in [5.74, 6) is 1.38. The number of nitro benzene ring substituents is 2. The molecule has 0 amide bonds. The number of fused-ring (bicyclic) bond motifs is 2. The Bertz CT molecular complexity index is 1170. The summed E-state index contributed by atoms with van der Waals surface area (Å²) in [6.07, 6.45) is 6.67. The maximum Gasteiger partial charge on any atom is 0.317 e. The molecule has 1 aliphatic rings. The third-order valence-electron chi connectivity index (χ3n) is 4.72. The van der Waals surface area contributed by atoms with E-state index in [0.717, 1.165) is 17.0 Å². The lowest BCUT2D eigenvalue weighted by Crippen LogP contribution is -2.06. The molecule has 160 valence electrons. The zero-order valence-electron chi connectivity index (χ0n) is 16.3. The first-order chi connectivity index (χ1) is 15.0. The van der Waals surface area contributed by atoms with Gasteiger partial charge in [0.15, 0.2) is 5.75 Å². The van der Waals surface area contributed by atoms with Crippen LogP contribution in [0.3, 0.4) is 0 Å². The molecule has 0 N–H and O–H groups in total.